The normalized spacial score (nSPS) is 10.8. The van der Waals surface area contributed by atoms with Crippen LogP contribution in [0, 0.1) is 12.8 Å². The number of rotatable bonds is 7. The van der Waals surface area contributed by atoms with Crippen molar-refractivity contribution in [2.75, 3.05) is 25.4 Å². The summed E-state index contributed by atoms with van der Waals surface area (Å²) in [5.41, 5.74) is 8.30. The van der Waals surface area contributed by atoms with E-state index in [-0.39, 0.29) is 11.9 Å². The molecule has 0 atom stereocenters. The maximum absolute atomic E-state index is 13.0. The number of carbonyl (C=O) groups is 1. The highest BCUT2D eigenvalue weighted by Gasteiger charge is 2.22. The second-order valence-electron chi connectivity index (χ2n) is 6.60. The molecular weight excluding hydrogens is 328 g/mol. The van der Waals surface area contributed by atoms with Crippen molar-refractivity contribution in [3.8, 4) is 17.0 Å². The van der Waals surface area contributed by atoms with E-state index in [1.807, 2.05) is 38.1 Å². The molecule has 0 spiro atoms. The maximum atomic E-state index is 13.0. The fraction of sp³-hybridized carbons (Fsp3) is 0.450. The number of nitrogen functional groups attached to an aromatic ring is 1. The molecule has 0 bridgehead atoms. The number of anilines is 1. The van der Waals surface area contributed by atoms with Crippen molar-refractivity contribution in [2.24, 2.45) is 5.92 Å². The highest BCUT2D eigenvalue weighted by atomic mass is 16.5. The molecule has 1 aromatic carbocycles. The zero-order valence-electron chi connectivity index (χ0n) is 16.2. The van der Waals surface area contributed by atoms with E-state index in [4.69, 9.17) is 10.5 Å². The fourth-order valence-corrected chi connectivity index (χ4v) is 2.70. The molecule has 6 nitrogen and oxygen atoms in total. The highest BCUT2D eigenvalue weighted by Crippen LogP contribution is 2.27. The smallest absolute Gasteiger partial charge is 0.257 e. The number of hydrogen-bond donors (Lipinski definition) is 1. The SMILES string of the molecule is CCN(CC)C(=O)c1c(C)nc(N)nc1-c1ccc(OCC(C)C)cc1. The first-order valence-electron chi connectivity index (χ1n) is 9.03. The summed E-state index contributed by atoms with van der Waals surface area (Å²) in [4.78, 5) is 23.3. The Morgan fingerprint density at radius 2 is 1.77 bits per heavy atom. The minimum absolute atomic E-state index is 0.0809. The summed E-state index contributed by atoms with van der Waals surface area (Å²) in [6.07, 6.45) is 0. The van der Waals surface area contributed by atoms with Crippen molar-refractivity contribution in [3.63, 3.8) is 0 Å². The molecule has 0 saturated carbocycles. The Morgan fingerprint density at radius 1 is 1.15 bits per heavy atom. The van der Waals surface area contributed by atoms with Crippen LogP contribution in [0.5, 0.6) is 5.75 Å². The Balaban J connectivity index is 2.43. The predicted octanol–water partition coefficient (Wildman–Crippen LogP) is 3.55. The van der Waals surface area contributed by atoms with Gasteiger partial charge in [-0.25, -0.2) is 9.97 Å². The topological polar surface area (TPSA) is 81.3 Å². The van der Waals surface area contributed by atoms with Gasteiger partial charge in [-0.1, -0.05) is 13.8 Å². The molecule has 1 aromatic heterocycles. The minimum atomic E-state index is -0.0809. The van der Waals surface area contributed by atoms with E-state index in [0.29, 0.717) is 42.6 Å². The molecule has 0 radical (unpaired) electrons. The van der Waals surface area contributed by atoms with E-state index in [2.05, 4.69) is 23.8 Å². The average molecular weight is 356 g/mol. The summed E-state index contributed by atoms with van der Waals surface area (Å²) >= 11 is 0. The van der Waals surface area contributed by atoms with Crippen LogP contribution in [0.25, 0.3) is 11.3 Å². The van der Waals surface area contributed by atoms with Crippen LogP contribution < -0.4 is 10.5 Å². The highest BCUT2D eigenvalue weighted by molar-refractivity contribution is 6.01. The Labute approximate surface area is 155 Å². The molecule has 2 rings (SSSR count). The molecule has 0 aliphatic heterocycles. The standard InChI is InChI=1S/C20H28N4O2/c1-6-24(7-2)19(25)17-14(5)22-20(21)23-18(17)15-8-10-16(11-9-15)26-12-13(3)4/h8-11,13H,6-7,12H2,1-5H3,(H2,21,22,23). The van der Waals surface area contributed by atoms with Crippen molar-refractivity contribution < 1.29 is 9.53 Å². The number of nitrogens with two attached hydrogens (primary N) is 1. The summed E-state index contributed by atoms with van der Waals surface area (Å²) < 4.78 is 5.72. The van der Waals surface area contributed by atoms with Crippen LogP contribution in [0.4, 0.5) is 5.95 Å². The Morgan fingerprint density at radius 3 is 2.31 bits per heavy atom. The van der Waals surface area contributed by atoms with Crippen molar-refractivity contribution >= 4 is 11.9 Å². The second-order valence-corrected chi connectivity index (χ2v) is 6.60. The number of benzene rings is 1. The first-order chi connectivity index (χ1) is 12.4. The summed E-state index contributed by atoms with van der Waals surface area (Å²) in [5.74, 6) is 1.33. The van der Waals surface area contributed by atoms with Gasteiger partial charge in [-0.3, -0.25) is 4.79 Å². The summed E-state index contributed by atoms with van der Waals surface area (Å²) in [7, 11) is 0. The summed E-state index contributed by atoms with van der Waals surface area (Å²) in [5, 5.41) is 0. The van der Waals surface area contributed by atoms with Gasteiger partial charge in [-0.15, -0.1) is 0 Å². The zero-order valence-corrected chi connectivity index (χ0v) is 16.2. The van der Waals surface area contributed by atoms with Gasteiger partial charge >= 0.3 is 0 Å². The number of carbonyl (C=O) groups excluding carboxylic acids is 1. The largest absolute Gasteiger partial charge is 0.493 e. The maximum Gasteiger partial charge on any atom is 0.257 e. The fourth-order valence-electron chi connectivity index (χ4n) is 2.70. The Hall–Kier alpha value is -2.63. The molecule has 1 amide bonds. The monoisotopic (exact) mass is 356 g/mol. The van der Waals surface area contributed by atoms with Crippen molar-refractivity contribution in [1.82, 2.24) is 14.9 Å². The van der Waals surface area contributed by atoms with Gasteiger partial charge in [0.15, 0.2) is 0 Å². The molecule has 2 N–H and O–H groups in total. The number of ether oxygens (including phenoxy) is 1. The van der Waals surface area contributed by atoms with Crippen molar-refractivity contribution in [2.45, 2.75) is 34.6 Å². The van der Waals surface area contributed by atoms with E-state index in [1.54, 1.807) is 11.8 Å². The van der Waals surface area contributed by atoms with Gasteiger partial charge in [-0.05, 0) is 51.0 Å². The number of aromatic nitrogens is 2. The molecule has 2 aromatic rings. The lowest BCUT2D eigenvalue weighted by Gasteiger charge is -2.21. The summed E-state index contributed by atoms with van der Waals surface area (Å²) in [6.45, 7) is 11.8. The quantitative estimate of drug-likeness (QED) is 0.820. The molecule has 0 unspecified atom stereocenters. The van der Waals surface area contributed by atoms with Gasteiger partial charge in [0.05, 0.1) is 23.6 Å². The van der Waals surface area contributed by atoms with Gasteiger partial charge in [-0.2, -0.15) is 0 Å². The van der Waals surface area contributed by atoms with Gasteiger partial charge in [0.25, 0.3) is 5.91 Å². The number of nitrogens with zero attached hydrogens (tertiary/aromatic N) is 3. The predicted molar refractivity (Wildman–Crippen MR) is 104 cm³/mol. The molecule has 0 aliphatic carbocycles. The van der Waals surface area contributed by atoms with Gasteiger partial charge < -0.3 is 15.4 Å². The van der Waals surface area contributed by atoms with E-state index >= 15 is 0 Å². The molecule has 0 fully saturated rings. The van der Waals surface area contributed by atoms with Gasteiger partial charge in [0.2, 0.25) is 5.95 Å². The second kappa shape index (κ2) is 8.65. The molecular formula is C20H28N4O2. The van der Waals surface area contributed by atoms with E-state index in [9.17, 15) is 4.79 Å². The molecule has 0 saturated heterocycles. The number of aryl methyl sites for hydroxylation is 1. The van der Waals surface area contributed by atoms with E-state index < -0.39 is 0 Å². The van der Waals surface area contributed by atoms with E-state index in [1.165, 1.54) is 0 Å². The molecule has 140 valence electrons. The van der Waals surface area contributed by atoms with Crippen LogP contribution in [0.15, 0.2) is 24.3 Å². The lowest BCUT2D eigenvalue weighted by molar-refractivity contribution is 0.0772. The average Bonchev–Trinajstić information content (AvgIpc) is 2.60. The third-order valence-corrected chi connectivity index (χ3v) is 4.08. The molecule has 1 heterocycles. The zero-order chi connectivity index (χ0) is 19.3. The third kappa shape index (κ3) is 4.50. The Kier molecular flexibility index (Phi) is 6.55. The molecule has 26 heavy (non-hydrogen) atoms. The number of amides is 1. The number of hydrogen-bond acceptors (Lipinski definition) is 5. The van der Waals surface area contributed by atoms with Crippen LogP contribution in [-0.4, -0.2) is 40.5 Å². The van der Waals surface area contributed by atoms with Crippen molar-refractivity contribution in [3.05, 3.63) is 35.5 Å². The first kappa shape index (κ1) is 19.7. The van der Waals surface area contributed by atoms with Gasteiger partial charge in [0.1, 0.15) is 5.75 Å². The van der Waals surface area contributed by atoms with Crippen LogP contribution in [0.1, 0.15) is 43.7 Å². The molecule has 0 aliphatic rings. The van der Waals surface area contributed by atoms with Crippen LogP contribution in [0.3, 0.4) is 0 Å². The lowest BCUT2D eigenvalue weighted by Crippen LogP contribution is -2.32. The van der Waals surface area contributed by atoms with Gasteiger partial charge in [0, 0.05) is 18.7 Å². The van der Waals surface area contributed by atoms with E-state index in [0.717, 1.165) is 11.3 Å². The molecule has 6 heteroatoms. The van der Waals surface area contributed by atoms with Crippen LogP contribution >= 0.6 is 0 Å². The third-order valence-electron chi connectivity index (χ3n) is 4.08. The van der Waals surface area contributed by atoms with Crippen LogP contribution in [-0.2, 0) is 0 Å². The van der Waals surface area contributed by atoms with Crippen molar-refractivity contribution in [1.29, 1.82) is 0 Å². The minimum Gasteiger partial charge on any atom is -0.493 e. The van der Waals surface area contributed by atoms with Crippen LogP contribution in [0.2, 0.25) is 0 Å². The lowest BCUT2D eigenvalue weighted by atomic mass is 10.0. The summed E-state index contributed by atoms with van der Waals surface area (Å²) in [6, 6.07) is 7.57. The first-order valence-corrected chi connectivity index (χ1v) is 9.03. The Bertz CT molecular complexity index is 753.